The van der Waals surface area contributed by atoms with Gasteiger partial charge >= 0.3 is 5.97 Å². The van der Waals surface area contributed by atoms with E-state index in [1.54, 1.807) is 17.0 Å². The zero-order valence-electron chi connectivity index (χ0n) is 9.08. The van der Waals surface area contributed by atoms with Gasteiger partial charge in [-0.3, -0.25) is 0 Å². The quantitative estimate of drug-likeness (QED) is 0.717. The van der Waals surface area contributed by atoms with E-state index in [1.807, 2.05) is 42.5 Å². The molecule has 0 fully saturated rings. The summed E-state index contributed by atoms with van der Waals surface area (Å²) in [6, 6.07) is 13.8. The number of hydrogen-bond acceptors (Lipinski definition) is 1. The Labute approximate surface area is 110 Å². The maximum atomic E-state index is 10.5. The van der Waals surface area contributed by atoms with Crippen LogP contribution in [0.2, 0.25) is 0 Å². The molecule has 0 atom stereocenters. The van der Waals surface area contributed by atoms with Crippen molar-refractivity contribution in [2.75, 3.05) is 0 Å². The highest BCUT2D eigenvalue weighted by Gasteiger charge is 2.06. The van der Waals surface area contributed by atoms with Gasteiger partial charge in [-0.1, -0.05) is 30.3 Å². The minimum absolute atomic E-state index is 0. The van der Waals surface area contributed by atoms with Crippen LogP contribution in [0.4, 0.5) is 0 Å². The Morgan fingerprint density at radius 3 is 2.06 bits per heavy atom. The number of aromatic nitrogens is 1. The number of halogens is 1. The van der Waals surface area contributed by atoms with E-state index in [0.29, 0.717) is 0 Å². The van der Waals surface area contributed by atoms with E-state index >= 15 is 0 Å². The normalized spacial score (nSPS) is 9.41. The van der Waals surface area contributed by atoms with Gasteiger partial charge in [-0.05, 0) is 11.1 Å². The van der Waals surface area contributed by atoms with Crippen LogP contribution in [0.25, 0.3) is 11.1 Å². The third-order valence-electron chi connectivity index (χ3n) is 2.32. The van der Waals surface area contributed by atoms with Crippen molar-refractivity contribution in [1.82, 2.24) is 0 Å². The summed E-state index contributed by atoms with van der Waals surface area (Å²) in [4.78, 5) is 10.5. The van der Waals surface area contributed by atoms with E-state index in [9.17, 15) is 4.79 Å². The summed E-state index contributed by atoms with van der Waals surface area (Å²) < 4.78 is 1.63. The molecule has 3 nitrogen and oxygen atoms in total. The summed E-state index contributed by atoms with van der Waals surface area (Å²) in [6.45, 7) is -0.00489. The number of nitrogens with zero attached hydrogens (tertiary/aromatic N) is 1. The minimum Gasteiger partial charge on any atom is -1.00 e. The molecule has 2 rings (SSSR count). The molecule has 0 saturated heterocycles. The summed E-state index contributed by atoms with van der Waals surface area (Å²) in [6.07, 6.45) is 3.55. The highest BCUT2D eigenvalue weighted by molar-refractivity contribution is 5.65. The highest BCUT2D eigenvalue weighted by Crippen LogP contribution is 2.16. The van der Waals surface area contributed by atoms with Crippen LogP contribution in [0.15, 0.2) is 54.9 Å². The smallest absolute Gasteiger partial charge is 0.370 e. The number of aliphatic carboxylic acids is 1. The van der Waals surface area contributed by atoms with Crippen LogP contribution in [0.3, 0.4) is 0 Å². The molecule has 0 aliphatic rings. The summed E-state index contributed by atoms with van der Waals surface area (Å²) in [5.41, 5.74) is 2.22. The molecule has 0 aliphatic carbocycles. The Balaban J connectivity index is 0.00000144. The number of carboxylic acid groups (broad SMARTS) is 1. The van der Waals surface area contributed by atoms with Crippen molar-refractivity contribution in [3.05, 3.63) is 54.9 Å². The van der Waals surface area contributed by atoms with Crippen molar-refractivity contribution in [3.8, 4) is 11.1 Å². The first-order valence-electron chi connectivity index (χ1n) is 5.02. The van der Waals surface area contributed by atoms with E-state index in [-0.39, 0.29) is 23.5 Å². The van der Waals surface area contributed by atoms with Crippen LogP contribution in [0.1, 0.15) is 0 Å². The standard InChI is InChI=1S/C13H11NO2.BrH/c15-13(16)10-14-8-6-12(7-9-14)11-4-2-1-3-5-11;/h1-9H,10H2;1H. The second-order valence-electron chi connectivity index (χ2n) is 3.52. The van der Waals surface area contributed by atoms with Crippen molar-refractivity contribution < 1.29 is 31.4 Å². The van der Waals surface area contributed by atoms with Gasteiger partial charge in [0, 0.05) is 12.1 Å². The van der Waals surface area contributed by atoms with Crippen molar-refractivity contribution in [2.45, 2.75) is 6.54 Å². The van der Waals surface area contributed by atoms with Crippen LogP contribution >= 0.6 is 0 Å². The van der Waals surface area contributed by atoms with Crippen molar-refractivity contribution in [1.29, 1.82) is 0 Å². The Morgan fingerprint density at radius 2 is 1.53 bits per heavy atom. The van der Waals surface area contributed by atoms with Gasteiger partial charge in [0.05, 0.1) is 0 Å². The van der Waals surface area contributed by atoms with E-state index in [4.69, 9.17) is 5.11 Å². The molecule has 4 heteroatoms. The van der Waals surface area contributed by atoms with Gasteiger partial charge in [-0.2, -0.15) is 4.57 Å². The number of carbonyl (C=O) groups is 1. The topological polar surface area (TPSA) is 41.2 Å². The first-order valence-corrected chi connectivity index (χ1v) is 5.02. The molecule has 17 heavy (non-hydrogen) atoms. The molecule has 0 amide bonds. The Kier molecular flexibility index (Phi) is 4.84. The van der Waals surface area contributed by atoms with E-state index in [1.165, 1.54) is 0 Å². The number of rotatable bonds is 3. The molecule has 0 bridgehead atoms. The molecule has 1 heterocycles. The van der Waals surface area contributed by atoms with Crippen molar-refractivity contribution in [3.63, 3.8) is 0 Å². The van der Waals surface area contributed by atoms with Crippen molar-refractivity contribution in [2.24, 2.45) is 0 Å². The minimum atomic E-state index is -0.836. The van der Waals surface area contributed by atoms with E-state index in [0.717, 1.165) is 11.1 Å². The highest BCUT2D eigenvalue weighted by atomic mass is 79.9. The molecule has 88 valence electrons. The van der Waals surface area contributed by atoms with Crippen LogP contribution in [-0.4, -0.2) is 11.1 Å². The maximum Gasteiger partial charge on any atom is 0.370 e. The van der Waals surface area contributed by atoms with Crippen molar-refractivity contribution >= 4 is 5.97 Å². The molecule has 0 aliphatic heterocycles. The summed E-state index contributed by atoms with van der Waals surface area (Å²) in [5.74, 6) is -0.836. The first kappa shape index (κ1) is 13.4. The molecule has 0 spiro atoms. The van der Waals surface area contributed by atoms with Gasteiger partial charge in [0.1, 0.15) is 0 Å². The van der Waals surface area contributed by atoms with Gasteiger partial charge in [-0.25, -0.2) is 4.79 Å². The van der Waals surface area contributed by atoms with Gasteiger partial charge in [-0.15, -0.1) is 0 Å². The van der Waals surface area contributed by atoms with Crippen LogP contribution in [0, 0.1) is 0 Å². The number of benzene rings is 1. The maximum absolute atomic E-state index is 10.5. The number of pyridine rings is 1. The van der Waals surface area contributed by atoms with Crippen LogP contribution < -0.4 is 21.5 Å². The Hall–Kier alpha value is -1.68. The lowest BCUT2D eigenvalue weighted by atomic mass is 10.1. The molecule has 2 aromatic rings. The lowest BCUT2D eigenvalue weighted by Gasteiger charge is -1.99. The average Bonchev–Trinajstić information content (AvgIpc) is 2.30. The lowest BCUT2D eigenvalue weighted by molar-refractivity contribution is -0.685. The van der Waals surface area contributed by atoms with Crippen LogP contribution in [0.5, 0.6) is 0 Å². The fraction of sp³-hybridized carbons (Fsp3) is 0.0769. The summed E-state index contributed by atoms with van der Waals surface area (Å²) in [7, 11) is 0. The molecule has 1 N–H and O–H groups in total. The second-order valence-corrected chi connectivity index (χ2v) is 3.52. The molecular weight excluding hydrogens is 282 g/mol. The number of carboxylic acids is 1. The second kappa shape index (κ2) is 6.15. The molecule has 0 saturated carbocycles. The summed E-state index contributed by atoms with van der Waals surface area (Å²) in [5, 5.41) is 8.63. The molecule has 0 unspecified atom stereocenters. The van der Waals surface area contributed by atoms with Gasteiger partial charge in [0.2, 0.25) is 6.54 Å². The molecule has 0 radical (unpaired) electrons. The van der Waals surface area contributed by atoms with E-state index < -0.39 is 5.97 Å². The fourth-order valence-corrected chi connectivity index (χ4v) is 1.54. The average molecular weight is 294 g/mol. The predicted molar refractivity (Wildman–Crippen MR) is 59.7 cm³/mol. The number of hydrogen-bond donors (Lipinski definition) is 1. The predicted octanol–water partition coefficient (Wildman–Crippen LogP) is -1.27. The summed E-state index contributed by atoms with van der Waals surface area (Å²) >= 11 is 0. The van der Waals surface area contributed by atoms with E-state index in [2.05, 4.69) is 0 Å². The Morgan fingerprint density at radius 1 is 1.00 bits per heavy atom. The zero-order valence-corrected chi connectivity index (χ0v) is 10.7. The monoisotopic (exact) mass is 293 g/mol. The SMILES string of the molecule is O=C(O)C[n+]1ccc(-c2ccccc2)cc1.[Br-]. The lowest BCUT2D eigenvalue weighted by Crippen LogP contribution is -3.00. The molecule has 1 aromatic heterocycles. The first-order chi connectivity index (χ1) is 7.75. The zero-order chi connectivity index (χ0) is 11.4. The van der Waals surface area contributed by atoms with Gasteiger partial charge < -0.3 is 22.1 Å². The molecular formula is C13H12BrNO2. The molecule has 1 aromatic carbocycles. The van der Waals surface area contributed by atoms with Crippen LogP contribution in [-0.2, 0) is 11.3 Å². The van der Waals surface area contributed by atoms with Gasteiger partial charge in [0.15, 0.2) is 12.4 Å². The fourth-order valence-electron chi connectivity index (χ4n) is 1.54. The van der Waals surface area contributed by atoms with Gasteiger partial charge in [0.25, 0.3) is 0 Å². The third-order valence-corrected chi connectivity index (χ3v) is 2.32. The largest absolute Gasteiger partial charge is 1.00 e. The Bertz CT molecular complexity index is 483. The third kappa shape index (κ3) is 3.67.